The zero-order chi connectivity index (χ0) is 18.6. The van der Waals surface area contributed by atoms with E-state index >= 15 is 0 Å². The topological polar surface area (TPSA) is 36.4 Å². The maximum Gasteiger partial charge on any atom is 0.232 e. The van der Waals surface area contributed by atoms with E-state index in [1.807, 2.05) is 23.1 Å². The van der Waals surface area contributed by atoms with Crippen LogP contribution in [0.5, 0.6) is 0 Å². The van der Waals surface area contributed by atoms with Gasteiger partial charge in [-0.2, -0.15) is 0 Å². The van der Waals surface area contributed by atoms with Crippen molar-refractivity contribution < 1.29 is 4.79 Å². The number of nitrogens with zero attached hydrogens (tertiary/aromatic N) is 3. The Kier molecular flexibility index (Phi) is 5.64. The minimum atomic E-state index is 0.241. The van der Waals surface area contributed by atoms with E-state index in [9.17, 15) is 4.79 Å². The van der Waals surface area contributed by atoms with Crippen molar-refractivity contribution in [1.29, 1.82) is 0 Å². The summed E-state index contributed by atoms with van der Waals surface area (Å²) in [4.78, 5) is 21.6. The number of piperazine rings is 1. The van der Waals surface area contributed by atoms with Gasteiger partial charge in [0.1, 0.15) is 5.01 Å². The number of thiazole rings is 1. The van der Waals surface area contributed by atoms with E-state index in [-0.39, 0.29) is 5.91 Å². The van der Waals surface area contributed by atoms with Gasteiger partial charge in [0, 0.05) is 37.6 Å². The molecule has 3 aromatic rings. The van der Waals surface area contributed by atoms with Gasteiger partial charge in [0.2, 0.25) is 5.91 Å². The number of aromatic nitrogens is 1. The Labute approximate surface area is 168 Å². The molecule has 0 atom stereocenters. The van der Waals surface area contributed by atoms with Gasteiger partial charge in [0.05, 0.1) is 16.0 Å². The lowest BCUT2D eigenvalue weighted by Crippen LogP contribution is -2.49. The van der Waals surface area contributed by atoms with Crippen LogP contribution >= 0.6 is 23.1 Å². The van der Waals surface area contributed by atoms with Crippen molar-refractivity contribution in [1.82, 2.24) is 9.88 Å². The molecule has 0 unspecified atom stereocenters. The monoisotopic (exact) mass is 397 g/mol. The molecule has 0 spiro atoms. The SMILES string of the molecule is Cc1ccccc1N1CCN(C(=O)CSCc2nc3ccccc3s2)CC1. The lowest BCUT2D eigenvalue weighted by atomic mass is 10.1. The van der Waals surface area contributed by atoms with Crippen LogP contribution < -0.4 is 4.90 Å². The summed E-state index contributed by atoms with van der Waals surface area (Å²) in [5.41, 5.74) is 3.63. The first-order valence-electron chi connectivity index (χ1n) is 9.21. The average molecular weight is 398 g/mol. The molecular weight excluding hydrogens is 374 g/mol. The fourth-order valence-electron chi connectivity index (χ4n) is 3.41. The van der Waals surface area contributed by atoms with E-state index in [0.717, 1.165) is 42.5 Å². The van der Waals surface area contributed by atoms with Gasteiger partial charge in [-0.25, -0.2) is 4.98 Å². The predicted octanol–water partition coefficient (Wildman–Crippen LogP) is 4.19. The van der Waals surface area contributed by atoms with Gasteiger partial charge in [-0.15, -0.1) is 23.1 Å². The Morgan fingerprint density at radius 2 is 1.81 bits per heavy atom. The summed E-state index contributed by atoms with van der Waals surface area (Å²) < 4.78 is 1.21. The summed E-state index contributed by atoms with van der Waals surface area (Å²) in [5.74, 6) is 1.57. The van der Waals surface area contributed by atoms with Crippen molar-refractivity contribution >= 4 is 44.9 Å². The summed E-state index contributed by atoms with van der Waals surface area (Å²) in [6.45, 7) is 5.55. The van der Waals surface area contributed by atoms with E-state index in [1.165, 1.54) is 16.0 Å². The van der Waals surface area contributed by atoms with Gasteiger partial charge in [-0.3, -0.25) is 4.79 Å². The maximum atomic E-state index is 12.5. The zero-order valence-corrected chi connectivity index (χ0v) is 17.1. The van der Waals surface area contributed by atoms with Crippen LogP contribution in [0.3, 0.4) is 0 Å². The average Bonchev–Trinajstić information content (AvgIpc) is 3.11. The molecule has 1 amide bonds. The van der Waals surface area contributed by atoms with Crippen LogP contribution in [0.4, 0.5) is 5.69 Å². The summed E-state index contributed by atoms with van der Waals surface area (Å²) >= 11 is 3.39. The molecule has 1 saturated heterocycles. The summed E-state index contributed by atoms with van der Waals surface area (Å²) in [6.07, 6.45) is 0. The number of hydrogen-bond donors (Lipinski definition) is 0. The second-order valence-corrected chi connectivity index (χ2v) is 8.82. The summed E-state index contributed by atoms with van der Waals surface area (Å²) in [5, 5.41) is 1.10. The molecule has 0 saturated carbocycles. The van der Waals surface area contributed by atoms with Gasteiger partial charge in [-0.1, -0.05) is 30.3 Å². The minimum absolute atomic E-state index is 0.241. The van der Waals surface area contributed by atoms with E-state index < -0.39 is 0 Å². The fraction of sp³-hybridized carbons (Fsp3) is 0.333. The first kappa shape index (κ1) is 18.3. The van der Waals surface area contributed by atoms with Crippen LogP contribution in [0.15, 0.2) is 48.5 Å². The Hall–Kier alpha value is -2.05. The quantitative estimate of drug-likeness (QED) is 0.647. The summed E-state index contributed by atoms with van der Waals surface area (Å²) in [7, 11) is 0. The van der Waals surface area contributed by atoms with Gasteiger partial charge in [0.15, 0.2) is 0 Å². The maximum absolute atomic E-state index is 12.5. The number of amides is 1. The number of hydrogen-bond acceptors (Lipinski definition) is 5. The highest BCUT2D eigenvalue weighted by Gasteiger charge is 2.21. The molecule has 1 aliphatic rings. The van der Waals surface area contributed by atoms with Crippen LogP contribution in [0.25, 0.3) is 10.2 Å². The van der Waals surface area contributed by atoms with Crippen molar-refractivity contribution in [3.63, 3.8) is 0 Å². The molecule has 4 nitrogen and oxygen atoms in total. The first-order valence-corrected chi connectivity index (χ1v) is 11.2. The number of thioether (sulfide) groups is 1. The van der Waals surface area contributed by atoms with Crippen molar-refractivity contribution in [2.75, 3.05) is 36.8 Å². The molecule has 0 N–H and O–H groups in total. The highest BCUT2D eigenvalue weighted by Crippen LogP contribution is 2.25. The first-order chi connectivity index (χ1) is 13.2. The van der Waals surface area contributed by atoms with Gasteiger partial charge in [0.25, 0.3) is 0 Å². The van der Waals surface area contributed by atoms with Crippen molar-refractivity contribution in [2.45, 2.75) is 12.7 Å². The molecule has 1 aliphatic heterocycles. The number of rotatable bonds is 5. The number of anilines is 1. The van der Waals surface area contributed by atoms with Crippen molar-refractivity contribution in [2.24, 2.45) is 0 Å². The van der Waals surface area contributed by atoms with E-state index in [0.29, 0.717) is 5.75 Å². The second kappa shape index (κ2) is 8.31. The number of fused-ring (bicyclic) bond motifs is 1. The normalized spacial score (nSPS) is 14.7. The molecule has 27 heavy (non-hydrogen) atoms. The number of carbonyl (C=O) groups excluding carboxylic acids is 1. The lowest BCUT2D eigenvalue weighted by molar-refractivity contribution is -0.128. The van der Waals surface area contributed by atoms with Gasteiger partial charge >= 0.3 is 0 Å². The minimum Gasteiger partial charge on any atom is -0.368 e. The Balaban J connectivity index is 1.25. The zero-order valence-electron chi connectivity index (χ0n) is 15.4. The number of aryl methyl sites for hydroxylation is 1. The summed E-state index contributed by atoms with van der Waals surface area (Å²) in [6, 6.07) is 16.7. The molecule has 1 aromatic heterocycles. The van der Waals surface area contributed by atoms with Crippen LogP contribution in [0.1, 0.15) is 10.6 Å². The van der Waals surface area contributed by atoms with Crippen LogP contribution in [0.2, 0.25) is 0 Å². The fourth-order valence-corrected chi connectivity index (χ4v) is 5.36. The van der Waals surface area contributed by atoms with Crippen LogP contribution in [0, 0.1) is 6.92 Å². The molecule has 4 rings (SSSR count). The second-order valence-electron chi connectivity index (χ2n) is 6.72. The third-order valence-corrected chi connectivity index (χ3v) is 7.03. The number of carbonyl (C=O) groups is 1. The Morgan fingerprint density at radius 1 is 1.07 bits per heavy atom. The third-order valence-electron chi connectivity index (χ3n) is 4.88. The smallest absolute Gasteiger partial charge is 0.232 e. The predicted molar refractivity (Wildman–Crippen MR) is 116 cm³/mol. The van der Waals surface area contributed by atoms with E-state index in [1.54, 1.807) is 23.1 Å². The van der Waals surface area contributed by atoms with Crippen molar-refractivity contribution in [3.05, 3.63) is 59.1 Å². The molecule has 2 heterocycles. The molecule has 140 valence electrons. The Bertz CT molecular complexity index is 899. The Morgan fingerprint density at radius 3 is 2.59 bits per heavy atom. The van der Waals surface area contributed by atoms with Gasteiger partial charge in [-0.05, 0) is 30.7 Å². The molecule has 1 fully saturated rings. The van der Waals surface area contributed by atoms with Gasteiger partial charge < -0.3 is 9.80 Å². The molecule has 0 bridgehead atoms. The van der Waals surface area contributed by atoms with Crippen molar-refractivity contribution in [3.8, 4) is 0 Å². The largest absolute Gasteiger partial charge is 0.368 e. The molecule has 2 aromatic carbocycles. The van der Waals surface area contributed by atoms with Crippen LogP contribution in [-0.4, -0.2) is 47.7 Å². The molecular formula is C21H23N3OS2. The highest BCUT2D eigenvalue weighted by molar-refractivity contribution is 7.99. The lowest BCUT2D eigenvalue weighted by Gasteiger charge is -2.36. The van der Waals surface area contributed by atoms with Crippen LogP contribution in [-0.2, 0) is 10.5 Å². The number of para-hydroxylation sites is 2. The molecule has 0 radical (unpaired) electrons. The van der Waals surface area contributed by atoms with E-state index in [2.05, 4.69) is 47.1 Å². The number of benzene rings is 2. The molecule has 0 aliphatic carbocycles. The standard InChI is InChI=1S/C21H23N3OS2/c1-16-6-2-4-8-18(16)23-10-12-24(13-11-23)21(25)15-26-14-20-22-17-7-3-5-9-19(17)27-20/h2-9H,10-15H2,1H3. The van der Waals surface area contributed by atoms with E-state index in [4.69, 9.17) is 0 Å². The highest BCUT2D eigenvalue weighted by atomic mass is 32.2. The molecule has 6 heteroatoms. The third kappa shape index (κ3) is 4.28.